The van der Waals surface area contributed by atoms with Gasteiger partial charge in [-0.1, -0.05) is 6.92 Å². The molecular weight excluding hydrogens is 192 g/mol. The summed E-state index contributed by atoms with van der Waals surface area (Å²) in [7, 11) is 1.74. The van der Waals surface area contributed by atoms with E-state index in [4.69, 9.17) is 15.2 Å². The smallest absolute Gasteiger partial charge is 0.0707 e. The Balaban J connectivity index is 2.20. The SMILES string of the molecule is CCN(CCOC)CC1CCC(CN)O1. The van der Waals surface area contributed by atoms with Gasteiger partial charge in [0.25, 0.3) is 0 Å². The summed E-state index contributed by atoms with van der Waals surface area (Å²) in [6.45, 7) is 6.67. The number of nitrogens with two attached hydrogens (primary N) is 1. The third-order valence-electron chi connectivity index (χ3n) is 2.98. The van der Waals surface area contributed by atoms with Crippen molar-refractivity contribution in [1.29, 1.82) is 0 Å². The summed E-state index contributed by atoms with van der Waals surface area (Å²) in [5, 5.41) is 0. The molecule has 2 N–H and O–H groups in total. The highest BCUT2D eigenvalue weighted by Gasteiger charge is 2.25. The molecule has 0 amide bonds. The van der Waals surface area contributed by atoms with E-state index >= 15 is 0 Å². The van der Waals surface area contributed by atoms with Gasteiger partial charge in [0.05, 0.1) is 18.8 Å². The van der Waals surface area contributed by atoms with Crippen molar-refractivity contribution in [2.24, 2.45) is 5.73 Å². The topological polar surface area (TPSA) is 47.7 Å². The molecule has 0 aromatic heterocycles. The Morgan fingerprint density at radius 1 is 1.40 bits per heavy atom. The van der Waals surface area contributed by atoms with Crippen molar-refractivity contribution >= 4 is 0 Å². The number of methoxy groups -OCH3 is 1. The number of hydrogen-bond donors (Lipinski definition) is 1. The third kappa shape index (κ3) is 4.47. The highest BCUT2D eigenvalue weighted by Crippen LogP contribution is 2.19. The van der Waals surface area contributed by atoms with Crippen LogP contribution in [0.25, 0.3) is 0 Å². The van der Waals surface area contributed by atoms with E-state index in [2.05, 4.69) is 11.8 Å². The highest BCUT2D eigenvalue weighted by atomic mass is 16.5. The van der Waals surface area contributed by atoms with Crippen LogP contribution < -0.4 is 5.73 Å². The minimum atomic E-state index is 0.288. The summed E-state index contributed by atoms with van der Waals surface area (Å²) in [6.07, 6.45) is 2.92. The van der Waals surface area contributed by atoms with Gasteiger partial charge < -0.3 is 15.2 Å². The molecule has 1 fully saturated rings. The quantitative estimate of drug-likeness (QED) is 0.671. The lowest BCUT2D eigenvalue weighted by molar-refractivity contribution is 0.0233. The highest BCUT2D eigenvalue weighted by molar-refractivity contribution is 4.76. The fourth-order valence-corrected chi connectivity index (χ4v) is 1.97. The monoisotopic (exact) mass is 216 g/mol. The largest absolute Gasteiger partial charge is 0.383 e. The molecule has 1 saturated heterocycles. The van der Waals surface area contributed by atoms with Gasteiger partial charge in [-0.3, -0.25) is 4.90 Å². The molecule has 1 heterocycles. The van der Waals surface area contributed by atoms with Crippen LogP contribution in [0.15, 0.2) is 0 Å². The van der Waals surface area contributed by atoms with E-state index in [1.54, 1.807) is 7.11 Å². The van der Waals surface area contributed by atoms with Crippen LogP contribution in [0, 0.1) is 0 Å². The summed E-state index contributed by atoms with van der Waals surface area (Å²) < 4.78 is 10.9. The predicted octanol–water partition coefficient (Wildman–Crippen LogP) is 0.461. The molecule has 0 saturated carbocycles. The van der Waals surface area contributed by atoms with Crippen LogP contribution in [0.2, 0.25) is 0 Å². The van der Waals surface area contributed by atoms with Gasteiger partial charge >= 0.3 is 0 Å². The second-order valence-corrected chi connectivity index (χ2v) is 4.08. The van der Waals surface area contributed by atoms with Crippen LogP contribution in [0.4, 0.5) is 0 Å². The lowest BCUT2D eigenvalue weighted by Crippen LogP contribution is -2.35. The second-order valence-electron chi connectivity index (χ2n) is 4.08. The maximum absolute atomic E-state index is 5.82. The van der Waals surface area contributed by atoms with Crippen molar-refractivity contribution in [3.05, 3.63) is 0 Å². The number of ether oxygens (including phenoxy) is 2. The number of rotatable bonds is 7. The molecule has 2 unspecified atom stereocenters. The second kappa shape index (κ2) is 7.17. The van der Waals surface area contributed by atoms with Crippen molar-refractivity contribution in [2.45, 2.75) is 32.0 Å². The first kappa shape index (κ1) is 12.9. The molecular formula is C11H24N2O2. The molecule has 0 aromatic carbocycles. The first-order valence-corrected chi connectivity index (χ1v) is 5.87. The zero-order valence-electron chi connectivity index (χ0n) is 9.95. The Morgan fingerprint density at radius 2 is 2.13 bits per heavy atom. The van der Waals surface area contributed by atoms with E-state index in [1.807, 2.05) is 0 Å². The van der Waals surface area contributed by atoms with Gasteiger partial charge in [0.15, 0.2) is 0 Å². The average Bonchev–Trinajstić information content (AvgIpc) is 2.71. The molecule has 1 rings (SSSR count). The summed E-state index contributed by atoms with van der Waals surface area (Å²) in [5.74, 6) is 0. The zero-order valence-corrected chi connectivity index (χ0v) is 9.95. The van der Waals surface area contributed by atoms with E-state index < -0.39 is 0 Å². The molecule has 90 valence electrons. The molecule has 0 aromatic rings. The molecule has 2 atom stereocenters. The maximum Gasteiger partial charge on any atom is 0.0707 e. The molecule has 0 spiro atoms. The van der Waals surface area contributed by atoms with Crippen molar-refractivity contribution in [3.8, 4) is 0 Å². The Morgan fingerprint density at radius 3 is 2.67 bits per heavy atom. The van der Waals surface area contributed by atoms with Gasteiger partial charge in [-0.25, -0.2) is 0 Å². The average molecular weight is 216 g/mol. The van der Waals surface area contributed by atoms with Crippen LogP contribution in [-0.4, -0.2) is 57.0 Å². The third-order valence-corrected chi connectivity index (χ3v) is 2.98. The van der Waals surface area contributed by atoms with E-state index in [1.165, 1.54) is 0 Å². The van der Waals surface area contributed by atoms with Gasteiger partial charge in [-0.05, 0) is 19.4 Å². The van der Waals surface area contributed by atoms with E-state index in [9.17, 15) is 0 Å². The predicted molar refractivity (Wildman–Crippen MR) is 60.9 cm³/mol. The normalized spacial score (nSPS) is 26.4. The molecule has 4 nitrogen and oxygen atoms in total. The van der Waals surface area contributed by atoms with Crippen LogP contribution >= 0.6 is 0 Å². The lowest BCUT2D eigenvalue weighted by atomic mass is 10.2. The van der Waals surface area contributed by atoms with Crippen LogP contribution in [0.5, 0.6) is 0 Å². The maximum atomic E-state index is 5.82. The first-order valence-electron chi connectivity index (χ1n) is 5.87. The van der Waals surface area contributed by atoms with Crippen molar-refractivity contribution in [1.82, 2.24) is 4.90 Å². The van der Waals surface area contributed by atoms with Gasteiger partial charge in [0, 0.05) is 26.7 Å². The summed E-state index contributed by atoms with van der Waals surface area (Å²) >= 11 is 0. The standard InChI is InChI=1S/C11H24N2O2/c1-3-13(6-7-14-2)9-11-5-4-10(8-12)15-11/h10-11H,3-9,12H2,1-2H3. The molecule has 1 aliphatic rings. The molecule has 1 aliphatic heterocycles. The summed E-state index contributed by atoms with van der Waals surface area (Å²) in [6, 6.07) is 0. The Bertz CT molecular complexity index is 167. The van der Waals surface area contributed by atoms with Crippen molar-refractivity contribution < 1.29 is 9.47 Å². The van der Waals surface area contributed by atoms with E-state index in [0.717, 1.165) is 39.1 Å². The Kier molecular flexibility index (Phi) is 6.17. The molecule has 0 aliphatic carbocycles. The van der Waals surface area contributed by atoms with Crippen LogP contribution in [0.1, 0.15) is 19.8 Å². The van der Waals surface area contributed by atoms with Gasteiger partial charge in [0.2, 0.25) is 0 Å². The van der Waals surface area contributed by atoms with Gasteiger partial charge in [-0.2, -0.15) is 0 Å². The van der Waals surface area contributed by atoms with Crippen molar-refractivity contribution in [3.63, 3.8) is 0 Å². The van der Waals surface area contributed by atoms with Gasteiger partial charge in [0.1, 0.15) is 0 Å². The first-order chi connectivity index (χ1) is 7.30. The van der Waals surface area contributed by atoms with E-state index in [-0.39, 0.29) is 6.10 Å². The summed E-state index contributed by atoms with van der Waals surface area (Å²) in [5.41, 5.74) is 5.58. The Hall–Kier alpha value is -0.160. The fraction of sp³-hybridized carbons (Fsp3) is 1.00. The Labute approximate surface area is 92.7 Å². The lowest BCUT2D eigenvalue weighted by Gasteiger charge is -2.23. The van der Waals surface area contributed by atoms with Crippen LogP contribution in [0.3, 0.4) is 0 Å². The minimum absolute atomic E-state index is 0.288. The van der Waals surface area contributed by atoms with E-state index in [0.29, 0.717) is 12.6 Å². The fourth-order valence-electron chi connectivity index (χ4n) is 1.97. The van der Waals surface area contributed by atoms with Crippen LogP contribution in [-0.2, 0) is 9.47 Å². The summed E-state index contributed by atoms with van der Waals surface area (Å²) in [4.78, 5) is 2.37. The number of nitrogens with zero attached hydrogens (tertiary/aromatic N) is 1. The molecule has 15 heavy (non-hydrogen) atoms. The minimum Gasteiger partial charge on any atom is -0.383 e. The van der Waals surface area contributed by atoms with Crippen molar-refractivity contribution in [2.75, 3.05) is 39.9 Å². The molecule has 0 bridgehead atoms. The number of likely N-dealkylation sites (N-methyl/N-ethyl adjacent to an activating group) is 1. The van der Waals surface area contributed by atoms with Gasteiger partial charge in [-0.15, -0.1) is 0 Å². The molecule has 0 radical (unpaired) electrons. The zero-order chi connectivity index (χ0) is 11.1. The molecule has 4 heteroatoms. The number of hydrogen-bond acceptors (Lipinski definition) is 4.